The van der Waals surface area contributed by atoms with E-state index in [-0.39, 0.29) is 0 Å². The predicted octanol–water partition coefficient (Wildman–Crippen LogP) is 3.79. The standard InChI is InChI=1S/C17H20N2/c1-12-8-15(11-18-10-12)14-5-6-16(13(2)9-14)17-4-3-7-19-17/h5-6,8-11,17,19H,3-4,7H2,1-2H3. The maximum atomic E-state index is 4.28. The van der Waals surface area contributed by atoms with Crippen molar-refractivity contribution in [2.45, 2.75) is 32.7 Å². The lowest BCUT2D eigenvalue weighted by atomic mass is 9.95. The minimum absolute atomic E-state index is 0.546. The molecule has 2 heterocycles. The predicted molar refractivity (Wildman–Crippen MR) is 79.1 cm³/mol. The first-order valence-electron chi connectivity index (χ1n) is 7.00. The number of aromatic nitrogens is 1. The molecule has 1 unspecified atom stereocenters. The highest BCUT2D eigenvalue weighted by Gasteiger charge is 2.17. The highest BCUT2D eigenvalue weighted by Crippen LogP contribution is 2.29. The average molecular weight is 252 g/mol. The van der Waals surface area contributed by atoms with Gasteiger partial charge < -0.3 is 5.32 Å². The van der Waals surface area contributed by atoms with Crippen molar-refractivity contribution in [3.63, 3.8) is 0 Å². The maximum absolute atomic E-state index is 4.28. The zero-order valence-corrected chi connectivity index (χ0v) is 11.6. The molecule has 0 radical (unpaired) electrons. The molecule has 3 rings (SSSR count). The van der Waals surface area contributed by atoms with Gasteiger partial charge in [0, 0.05) is 24.0 Å². The largest absolute Gasteiger partial charge is 0.310 e. The number of hydrogen-bond acceptors (Lipinski definition) is 2. The molecule has 1 saturated heterocycles. The summed E-state index contributed by atoms with van der Waals surface area (Å²) in [4.78, 5) is 4.28. The monoisotopic (exact) mass is 252 g/mol. The number of benzene rings is 1. The van der Waals surface area contributed by atoms with Crippen LogP contribution in [0.25, 0.3) is 11.1 Å². The van der Waals surface area contributed by atoms with Gasteiger partial charge in [0.1, 0.15) is 0 Å². The van der Waals surface area contributed by atoms with Crippen LogP contribution in [0, 0.1) is 13.8 Å². The molecule has 1 atom stereocenters. The third-order valence-electron chi connectivity index (χ3n) is 3.91. The van der Waals surface area contributed by atoms with Crippen LogP contribution in [0.15, 0.2) is 36.7 Å². The molecular weight excluding hydrogens is 232 g/mol. The summed E-state index contributed by atoms with van der Waals surface area (Å²) in [7, 11) is 0. The summed E-state index contributed by atoms with van der Waals surface area (Å²) >= 11 is 0. The van der Waals surface area contributed by atoms with Crippen molar-refractivity contribution in [1.82, 2.24) is 10.3 Å². The summed E-state index contributed by atoms with van der Waals surface area (Å²) < 4.78 is 0. The molecule has 0 aliphatic carbocycles. The van der Waals surface area contributed by atoms with Crippen molar-refractivity contribution >= 4 is 0 Å². The molecule has 2 aromatic rings. The third kappa shape index (κ3) is 2.54. The molecule has 98 valence electrons. The van der Waals surface area contributed by atoms with Crippen LogP contribution in [-0.2, 0) is 0 Å². The van der Waals surface area contributed by atoms with Gasteiger partial charge in [-0.1, -0.05) is 18.2 Å². The van der Waals surface area contributed by atoms with E-state index in [1.165, 1.54) is 40.7 Å². The van der Waals surface area contributed by atoms with Crippen LogP contribution in [0.1, 0.15) is 35.6 Å². The van der Waals surface area contributed by atoms with E-state index >= 15 is 0 Å². The minimum Gasteiger partial charge on any atom is -0.310 e. The Hall–Kier alpha value is -1.67. The van der Waals surface area contributed by atoms with Crippen molar-refractivity contribution < 1.29 is 0 Å². The van der Waals surface area contributed by atoms with Gasteiger partial charge in [0.25, 0.3) is 0 Å². The summed E-state index contributed by atoms with van der Waals surface area (Å²) in [6.45, 7) is 5.44. The van der Waals surface area contributed by atoms with Gasteiger partial charge in [-0.2, -0.15) is 0 Å². The molecule has 1 aromatic carbocycles. The molecule has 0 saturated carbocycles. The second-order valence-electron chi connectivity index (χ2n) is 5.47. The van der Waals surface area contributed by atoms with Gasteiger partial charge in [-0.05, 0) is 61.6 Å². The quantitative estimate of drug-likeness (QED) is 0.879. The van der Waals surface area contributed by atoms with Gasteiger partial charge in [0.05, 0.1) is 0 Å². The summed E-state index contributed by atoms with van der Waals surface area (Å²) in [6, 6.07) is 9.51. The zero-order valence-electron chi connectivity index (χ0n) is 11.6. The van der Waals surface area contributed by atoms with Gasteiger partial charge in [0.15, 0.2) is 0 Å². The smallest absolute Gasteiger partial charge is 0.0346 e. The van der Waals surface area contributed by atoms with Crippen molar-refractivity contribution in [1.29, 1.82) is 0 Å². The fraction of sp³-hybridized carbons (Fsp3) is 0.353. The van der Waals surface area contributed by atoms with Crippen molar-refractivity contribution in [3.8, 4) is 11.1 Å². The van der Waals surface area contributed by atoms with Crippen LogP contribution in [0.4, 0.5) is 0 Å². The molecule has 1 aliphatic rings. The van der Waals surface area contributed by atoms with Gasteiger partial charge in [0.2, 0.25) is 0 Å². The van der Waals surface area contributed by atoms with Gasteiger partial charge in [-0.15, -0.1) is 0 Å². The van der Waals surface area contributed by atoms with E-state index in [2.05, 4.69) is 48.4 Å². The lowest BCUT2D eigenvalue weighted by Crippen LogP contribution is -2.13. The van der Waals surface area contributed by atoms with Crippen LogP contribution in [0.2, 0.25) is 0 Å². The Bertz CT molecular complexity index is 584. The van der Waals surface area contributed by atoms with Gasteiger partial charge >= 0.3 is 0 Å². The van der Waals surface area contributed by atoms with E-state index < -0.39 is 0 Å². The molecule has 19 heavy (non-hydrogen) atoms. The Kier molecular flexibility index (Phi) is 3.34. The van der Waals surface area contributed by atoms with Crippen molar-refractivity contribution in [2.24, 2.45) is 0 Å². The van der Waals surface area contributed by atoms with Crippen LogP contribution in [0.5, 0.6) is 0 Å². The molecule has 0 spiro atoms. The number of aryl methyl sites for hydroxylation is 2. The summed E-state index contributed by atoms with van der Waals surface area (Å²) in [5.74, 6) is 0. The molecule has 0 bridgehead atoms. The highest BCUT2D eigenvalue weighted by molar-refractivity contribution is 5.64. The van der Waals surface area contributed by atoms with E-state index in [1.54, 1.807) is 0 Å². The Balaban J connectivity index is 1.94. The average Bonchev–Trinajstić information content (AvgIpc) is 2.92. The first-order chi connectivity index (χ1) is 9.24. The fourth-order valence-electron chi connectivity index (χ4n) is 2.91. The first kappa shape index (κ1) is 12.4. The number of nitrogens with zero attached hydrogens (tertiary/aromatic N) is 1. The Morgan fingerprint density at radius 3 is 2.68 bits per heavy atom. The molecular formula is C17H20N2. The molecule has 2 nitrogen and oxygen atoms in total. The van der Waals surface area contributed by atoms with Crippen LogP contribution < -0.4 is 5.32 Å². The maximum Gasteiger partial charge on any atom is 0.0346 e. The molecule has 1 aliphatic heterocycles. The summed E-state index contributed by atoms with van der Waals surface area (Å²) in [6.07, 6.45) is 6.38. The normalized spacial score (nSPS) is 18.7. The summed E-state index contributed by atoms with van der Waals surface area (Å²) in [5, 5.41) is 3.57. The zero-order chi connectivity index (χ0) is 13.2. The van der Waals surface area contributed by atoms with Crippen LogP contribution in [0.3, 0.4) is 0 Å². The van der Waals surface area contributed by atoms with Crippen LogP contribution in [-0.4, -0.2) is 11.5 Å². The van der Waals surface area contributed by atoms with E-state index in [1.807, 2.05) is 12.4 Å². The fourth-order valence-corrected chi connectivity index (χ4v) is 2.91. The molecule has 0 amide bonds. The third-order valence-corrected chi connectivity index (χ3v) is 3.91. The lowest BCUT2D eigenvalue weighted by Gasteiger charge is -2.15. The minimum atomic E-state index is 0.546. The highest BCUT2D eigenvalue weighted by atomic mass is 14.9. The number of rotatable bonds is 2. The lowest BCUT2D eigenvalue weighted by molar-refractivity contribution is 0.644. The molecule has 1 N–H and O–H groups in total. The number of pyridine rings is 1. The van der Waals surface area contributed by atoms with Crippen LogP contribution >= 0.6 is 0 Å². The van der Waals surface area contributed by atoms with E-state index in [0.29, 0.717) is 6.04 Å². The van der Waals surface area contributed by atoms with Gasteiger partial charge in [-0.25, -0.2) is 0 Å². The second-order valence-corrected chi connectivity index (χ2v) is 5.47. The molecule has 1 aromatic heterocycles. The topological polar surface area (TPSA) is 24.9 Å². The number of nitrogens with one attached hydrogen (secondary N) is 1. The Morgan fingerprint density at radius 2 is 2.00 bits per heavy atom. The van der Waals surface area contributed by atoms with E-state index in [9.17, 15) is 0 Å². The molecule has 2 heteroatoms. The molecule has 1 fully saturated rings. The van der Waals surface area contributed by atoms with E-state index in [4.69, 9.17) is 0 Å². The Labute approximate surface area is 114 Å². The van der Waals surface area contributed by atoms with Crippen molar-refractivity contribution in [3.05, 3.63) is 53.3 Å². The Morgan fingerprint density at radius 1 is 1.11 bits per heavy atom. The van der Waals surface area contributed by atoms with Gasteiger partial charge in [-0.3, -0.25) is 4.98 Å². The first-order valence-corrected chi connectivity index (χ1v) is 7.00. The van der Waals surface area contributed by atoms with Crippen molar-refractivity contribution in [2.75, 3.05) is 6.54 Å². The summed E-state index contributed by atoms with van der Waals surface area (Å²) in [5.41, 5.74) is 6.49. The van der Waals surface area contributed by atoms with E-state index in [0.717, 1.165) is 6.54 Å². The second kappa shape index (κ2) is 5.14. The number of hydrogen-bond donors (Lipinski definition) is 1. The SMILES string of the molecule is Cc1cncc(-c2ccc(C3CCCN3)c(C)c2)c1.